The zero-order chi connectivity index (χ0) is 13.0. The number of ether oxygens (including phenoxy) is 1. The topological polar surface area (TPSA) is 24.5 Å². The van der Waals surface area contributed by atoms with Crippen molar-refractivity contribution in [2.45, 2.75) is 51.7 Å². The first-order valence-corrected chi connectivity index (χ1v) is 7.68. The number of hydrogen-bond donors (Lipinski definition) is 1. The van der Waals surface area contributed by atoms with E-state index in [2.05, 4.69) is 31.1 Å². The Morgan fingerprint density at radius 1 is 1.22 bits per heavy atom. The zero-order valence-electron chi connectivity index (χ0n) is 12.3. The Bertz CT molecular complexity index is 237. The normalized spacial score (nSPS) is 32.0. The van der Waals surface area contributed by atoms with E-state index in [1.807, 2.05) is 0 Å². The summed E-state index contributed by atoms with van der Waals surface area (Å²) < 4.78 is 5.83. The van der Waals surface area contributed by atoms with Gasteiger partial charge < -0.3 is 15.0 Å². The van der Waals surface area contributed by atoms with Crippen LogP contribution in [-0.4, -0.2) is 50.3 Å². The summed E-state index contributed by atoms with van der Waals surface area (Å²) in [6, 6.07) is 0.686. The van der Waals surface area contributed by atoms with E-state index >= 15 is 0 Å². The Balaban J connectivity index is 1.67. The Labute approximate surface area is 112 Å². The lowest BCUT2D eigenvalue weighted by Gasteiger charge is -2.34. The van der Waals surface area contributed by atoms with Crippen molar-refractivity contribution < 1.29 is 4.74 Å². The standard InChI is InChI=1S/C15H30N2O/c1-12(2)15-10-14(6-9-18-15)16-11-13-4-7-17(3)8-5-13/h12-16H,4-11H2,1-3H3. The van der Waals surface area contributed by atoms with Crippen LogP contribution >= 0.6 is 0 Å². The van der Waals surface area contributed by atoms with Crippen LogP contribution in [0.4, 0.5) is 0 Å². The average Bonchev–Trinajstić information content (AvgIpc) is 2.38. The van der Waals surface area contributed by atoms with Gasteiger partial charge in [0.05, 0.1) is 6.10 Å². The highest BCUT2D eigenvalue weighted by molar-refractivity contribution is 4.80. The number of likely N-dealkylation sites (tertiary alicyclic amines) is 1. The van der Waals surface area contributed by atoms with Crippen LogP contribution in [0.25, 0.3) is 0 Å². The summed E-state index contributed by atoms with van der Waals surface area (Å²) in [5.74, 6) is 1.54. The van der Waals surface area contributed by atoms with Gasteiger partial charge in [-0.05, 0) is 64.2 Å². The molecule has 2 atom stereocenters. The van der Waals surface area contributed by atoms with Gasteiger partial charge in [-0.1, -0.05) is 13.8 Å². The number of nitrogens with one attached hydrogen (secondary N) is 1. The molecule has 3 nitrogen and oxygen atoms in total. The first-order chi connectivity index (χ1) is 8.65. The molecular formula is C15H30N2O. The molecule has 0 bridgehead atoms. The fourth-order valence-electron chi connectivity index (χ4n) is 3.08. The molecule has 106 valence electrons. The highest BCUT2D eigenvalue weighted by atomic mass is 16.5. The molecule has 0 amide bonds. The predicted molar refractivity (Wildman–Crippen MR) is 75.8 cm³/mol. The molecule has 2 fully saturated rings. The van der Waals surface area contributed by atoms with E-state index in [0.29, 0.717) is 18.1 Å². The molecule has 2 heterocycles. The first-order valence-electron chi connectivity index (χ1n) is 7.68. The highest BCUT2D eigenvalue weighted by Gasteiger charge is 2.25. The van der Waals surface area contributed by atoms with Gasteiger partial charge in [0.25, 0.3) is 0 Å². The summed E-state index contributed by atoms with van der Waals surface area (Å²) in [4.78, 5) is 2.44. The summed E-state index contributed by atoms with van der Waals surface area (Å²) in [5, 5.41) is 3.79. The molecule has 18 heavy (non-hydrogen) atoms. The lowest BCUT2D eigenvalue weighted by molar-refractivity contribution is -0.0250. The molecule has 2 unspecified atom stereocenters. The fourth-order valence-corrected chi connectivity index (χ4v) is 3.08. The maximum Gasteiger partial charge on any atom is 0.0612 e. The summed E-state index contributed by atoms with van der Waals surface area (Å²) in [7, 11) is 2.23. The maximum absolute atomic E-state index is 5.83. The molecule has 0 radical (unpaired) electrons. The van der Waals surface area contributed by atoms with Crippen LogP contribution in [0.15, 0.2) is 0 Å². The minimum absolute atomic E-state index is 0.466. The van der Waals surface area contributed by atoms with Gasteiger partial charge in [-0.2, -0.15) is 0 Å². The van der Waals surface area contributed by atoms with Crippen molar-refractivity contribution >= 4 is 0 Å². The SMILES string of the molecule is CC(C)C1CC(NCC2CCN(C)CC2)CCO1. The Morgan fingerprint density at radius 3 is 2.61 bits per heavy atom. The summed E-state index contributed by atoms with van der Waals surface area (Å²) >= 11 is 0. The molecule has 0 spiro atoms. The molecule has 2 aliphatic heterocycles. The van der Waals surface area contributed by atoms with Crippen molar-refractivity contribution in [1.29, 1.82) is 0 Å². The summed E-state index contributed by atoms with van der Waals surface area (Å²) in [5.41, 5.74) is 0. The van der Waals surface area contributed by atoms with Gasteiger partial charge in [0.2, 0.25) is 0 Å². The quantitative estimate of drug-likeness (QED) is 0.832. The summed E-state index contributed by atoms with van der Waals surface area (Å²) in [6.07, 6.45) is 5.58. The van der Waals surface area contributed by atoms with E-state index < -0.39 is 0 Å². The smallest absolute Gasteiger partial charge is 0.0612 e. The largest absolute Gasteiger partial charge is 0.378 e. The molecule has 0 aromatic heterocycles. The Kier molecular flexibility index (Phi) is 5.46. The number of hydrogen-bond acceptors (Lipinski definition) is 3. The lowest BCUT2D eigenvalue weighted by atomic mass is 9.93. The highest BCUT2D eigenvalue weighted by Crippen LogP contribution is 2.21. The van der Waals surface area contributed by atoms with Gasteiger partial charge in [0, 0.05) is 12.6 Å². The monoisotopic (exact) mass is 254 g/mol. The molecule has 3 heteroatoms. The zero-order valence-corrected chi connectivity index (χ0v) is 12.3. The Morgan fingerprint density at radius 2 is 1.94 bits per heavy atom. The van der Waals surface area contributed by atoms with Gasteiger partial charge in [-0.3, -0.25) is 0 Å². The van der Waals surface area contributed by atoms with Crippen LogP contribution in [0.3, 0.4) is 0 Å². The van der Waals surface area contributed by atoms with Crippen molar-refractivity contribution in [1.82, 2.24) is 10.2 Å². The predicted octanol–water partition coefficient (Wildman–Crippen LogP) is 2.12. The maximum atomic E-state index is 5.83. The summed E-state index contributed by atoms with van der Waals surface area (Å²) in [6.45, 7) is 9.23. The van der Waals surface area contributed by atoms with Crippen LogP contribution in [0.1, 0.15) is 39.5 Å². The van der Waals surface area contributed by atoms with Crippen LogP contribution < -0.4 is 5.32 Å². The van der Waals surface area contributed by atoms with Gasteiger partial charge in [-0.15, -0.1) is 0 Å². The second-order valence-electron chi connectivity index (χ2n) is 6.53. The molecule has 0 aromatic carbocycles. The van der Waals surface area contributed by atoms with Crippen molar-refractivity contribution in [3.63, 3.8) is 0 Å². The lowest BCUT2D eigenvalue weighted by Crippen LogP contribution is -2.44. The van der Waals surface area contributed by atoms with Crippen LogP contribution in [0.2, 0.25) is 0 Å². The van der Waals surface area contributed by atoms with Gasteiger partial charge >= 0.3 is 0 Å². The molecular weight excluding hydrogens is 224 g/mol. The van der Waals surface area contributed by atoms with Crippen molar-refractivity contribution in [3.8, 4) is 0 Å². The van der Waals surface area contributed by atoms with Crippen molar-refractivity contribution in [2.75, 3.05) is 33.3 Å². The molecule has 0 aromatic rings. The molecule has 0 saturated carbocycles. The van der Waals surface area contributed by atoms with Gasteiger partial charge in [-0.25, -0.2) is 0 Å². The minimum Gasteiger partial charge on any atom is -0.378 e. The molecule has 2 aliphatic rings. The van der Waals surface area contributed by atoms with E-state index in [0.717, 1.165) is 12.5 Å². The molecule has 2 rings (SSSR count). The minimum atomic E-state index is 0.466. The first kappa shape index (κ1) is 14.3. The van der Waals surface area contributed by atoms with Crippen LogP contribution in [0.5, 0.6) is 0 Å². The third kappa shape index (κ3) is 4.22. The van der Waals surface area contributed by atoms with E-state index in [-0.39, 0.29) is 0 Å². The average molecular weight is 254 g/mol. The molecule has 0 aliphatic carbocycles. The third-order valence-corrected chi connectivity index (χ3v) is 4.59. The fraction of sp³-hybridized carbons (Fsp3) is 1.00. The number of nitrogens with zero attached hydrogens (tertiary/aromatic N) is 1. The van der Waals surface area contributed by atoms with Crippen molar-refractivity contribution in [3.05, 3.63) is 0 Å². The number of piperidine rings is 1. The van der Waals surface area contributed by atoms with Gasteiger partial charge in [0.1, 0.15) is 0 Å². The van der Waals surface area contributed by atoms with E-state index in [4.69, 9.17) is 4.74 Å². The van der Waals surface area contributed by atoms with Crippen LogP contribution in [0, 0.1) is 11.8 Å². The van der Waals surface area contributed by atoms with E-state index in [1.165, 1.54) is 45.3 Å². The second-order valence-corrected chi connectivity index (χ2v) is 6.53. The van der Waals surface area contributed by atoms with E-state index in [9.17, 15) is 0 Å². The second kappa shape index (κ2) is 6.88. The molecule has 1 N–H and O–H groups in total. The Hall–Kier alpha value is -0.120. The third-order valence-electron chi connectivity index (χ3n) is 4.59. The van der Waals surface area contributed by atoms with E-state index in [1.54, 1.807) is 0 Å². The van der Waals surface area contributed by atoms with Crippen molar-refractivity contribution in [2.24, 2.45) is 11.8 Å². The van der Waals surface area contributed by atoms with Crippen LogP contribution in [-0.2, 0) is 4.74 Å². The molecule has 2 saturated heterocycles. The number of rotatable bonds is 4. The van der Waals surface area contributed by atoms with Gasteiger partial charge in [0.15, 0.2) is 0 Å².